The highest BCUT2D eigenvalue weighted by Gasteiger charge is 2.49. The first-order valence-corrected chi connectivity index (χ1v) is 34.5. The molecule has 10 rings (SSSR count). The maximum atomic E-state index is 11.6. The maximum absolute atomic E-state index is 11.6. The monoisotopic (exact) mass is 1250 g/mol. The molecule has 0 aromatic rings. The number of piperazine rings is 5. The number of nitrogens with one attached hydrogen (secondary N) is 3. The Morgan fingerprint density at radius 1 is 0.644 bits per heavy atom. The quantitative estimate of drug-likeness (QED) is 0.155. The summed E-state index contributed by atoms with van der Waals surface area (Å²) in [6, 6.07) is 2.58. The third kappa shape index (κ3) is 25.0. The number of amides is 1. The molecule has 10 fully saturated rings. The van der Waals surface area contributed by atoms with Crippen molar-refractivity contribution in [3.8, 4) is 0 Å². The molecule has 25 heteroatoms. The van der Waals surface area contributed by atoms with Crippen LogP contribution < -0.4 is 16.0 Å². The van der Waals surface area contributed by atoms with Gasteiger partial charge in [0, 0.05) is 188 Å². The van der Waals surface area contributed by atoms with Crippen LogP contribution in [0.1, 0.15) is 93.4 Å². The zero-order valence-corrected chi connectivity index (χ0v) is 57.8. The molecule has 0 spiro atoms. The number of esters is 3. The summed E-state index contributed by atoms with van der Waals surface area (Å²) >= 11 is 0. The van der Waals surface area contributed by atoms with Gasteiger partial charge in [0.25, 0.3) is 0 Å². The van der Waals surface area contributed by atoms with Gasteiger partial charge in [-0.3, -0.25) is 38.8 Å². The van der Waals surface area contributed by atoms with E-state index in [2.05, 4.69) is 114 Å². The summed E-state index contributed by atoms with van der Waals surface area (Å²) in [5, 5.41) is 9.66. The number of hydrogen-bond acceptors (Lipinski definition) is 22. The lowest BCUT2D eigenvalue weighted by Gasteiger charge is -2.46. The molecule has 0 bridgehead atoms. The first-order chi connectivity index (χ1) is 41.3. The minimum atomic E-state index is -3.07. The van der Waals surface area contributed by atoms with E-state index in [1.54, 1.807) is 25.2 Å². The molecule has 0 aromatic heterocycles. The van der Waals surface area contributed by atoms with E-state index in [4.69, 9.17) is 9.47 Å². The number of Topliss-reactive ketones (excluding diaryl/α,β-unsaturated/α-hetero) is 1. The van der Waals surface area contributed by atoms with E-state index in [9.17, 15) is 32.4 Å². The Morgan fingerprint density at radius 2 is 1.16 bits per heavy atom. The van der Waals surface area contributed by atoms with Crippen LogP contribution in [0.5, 0.6) is 0 Å². The Kier molecular flexibility index (Phi) is 35.7. The maximum Gasteiger partial charge on any atom is 0.330 e. The summed E-state index contributed by atoms with van der Waals surface area (Å²) in [7, 11) is 13.3. The average molecular weight is 1260 g/mol. The van der Waals surface area contributed by atoms with Crippen molar-refractivity contribution in [3.05, 3.63) is 12.7 Å². The summed E-state index contributed by atoms with van der Waals surface area (Å²) in [4.78, 5) is 78.6. The van der Waals surface area contributed by atoms with Crippen LogP contribution in [-0.4, -0.2) is 359 Å². The van der Waals surface area contributed by atoms with Gasteiger partial charge in [-0.1, -0.05) is 26.8 Å². The number of piperidine rings is 1. The van der Waals surface area contributed by atoms with E-state index in [0.717, 1.165) is 155 Å². The van der Waals surface area contributed by atoms with Crippen molar-refractivity contribution in [2.45, 2.75) is 147 Å². The van der Waals surface area contributed by atoms with E-state index in [-0.39, 0.29) is 53.5 Å². The van der Waals surface area contributed by atoms with E-state index in [1.807, 2.05) is 46.7 Å². The molecule has 0 radical (unpaired) electrons. The number of hydrogen-bond donors (Lipinski definition) is 3. The molecule has 10 heterocycles. The van der Waals surface area contributed by atoms with Crippen LogP contribution in [0.2, 0.25) is 0 Å². The van der Waals surface area contributed by atoms with Crippen LogP contribution in [0, 0.1) is 0 Å². The standard InChI is InChI=1S/C12H23N3O.C10H21N3O2S.C9H19N3.C8H16N2O2.C8H14N2O.C8H15NO2.C5H8O2.C2H6/c1-10(16)14(4)12(2)5-6-15-8-7-13(3)9-11(12)15;1-11-6-7-13-5-4-9(10(13)8-11)12(2)16(3,14)15;1-10-8-3-4-12-6-5-11(2)7-9(8)12;1-3-12-8(11)7-6-10(2)5-4-9-7;1-9-4-5-10-3-2-8(11)7(10)6-9;1-2-11-8(10)7-5-3-4-6-9-7;1-3-5(6)7-4-2;1-2/h11H,5-9H2,1-4H3;9-10H,4-8H2,1-3H3;8-10H,3-7H2,1-2H3;7,9H,3-6H2,1-2H3;7H,2-6H2,1H3;7,9H,2-6H2,1H3;3H,1,4H2,2H3;1-2H3. The van der Waals surface area contributed by atoms with Gasteiger partial charge in [0.15, 0.2) is 5.78 Å². The van der Waals surface area contributed by atoms with Gasteiger partial charge in [0.1, 0.15) is 12.1 Å². The highest BCUT2D eigenvalue weighted by atomic mass is 32.2. The number of rotatable bonds is 10. The van der Waals surface area contributed by atoms with E-state index >= 15 is 0 Å². The van der Waals surface area contributed by atoms with Crippen LogP contribution in [0.3, 0.4) is 0 Å². The molecular formula is C62H122N14O10S. The van der Waals surface area contributed by atoms with Crippen LogP contribution in [0.4, 0.5) is 0 Å². The van der Waals surface area contributed by atoms with Gasteiger partial charge in [0.2, 0.25) is 15.9 Å². The Hall–Kier alpha value is -3.28. The van der Waals surface area contributed by atoms with Gasteiger partial charge >= 0.3 is 17.9 Å². The molecule has 0 aliphatic carbocycles. The fourth-order valence-electron chi connectivity index (χ4n) is 13.1. The lowest BCUT2D eigenvalue weighted by molar-refractivity contribution is -0.147. The minimum Gasteiger partial charge on any atom is -0.465 e. The lowest BCUT2D eigenvalue weighted by atomic mass is 9.89. The first-order valence-electron chi connectivity index (χ1n) is 32.7. The Labute approximate surface area is 526 Å². The minimum absolute atomic E-state index is 0.0144. The summed E-state index contributed by atoms with van der Waals surface area (Å²) in [6.07, 6.45) is 9.84. The molecule has 9 unspecified atom stereocenters. The second-order valence-corrected chi connectivity index (χ2v) is 26.9. The Morgan fingerprint density at radius 3 is 1.69 bits per heavy atom. The van der Waals surface area contributed by atoms with E-state index in [0.29, 0.717) is 37.7 Å². The third-order valence-electron chi connectivity index (χ3n) is 18.7. The molecule has 24 nitrogen and oxygen atoms in total. The first kappa shape index (κ1) is 78.0. The fourth-order valence-corrected chi connectivity index (χ4v) is 13.9. The Balaban J connectivity index is 0.000000267. The molecule has 506 valence electrons. The average Bonchev–Trinajstić information content (AvgIpc) is 1.91. The molecule has 10 saturated heterocycles. The predicted octanol–water partition coefficient (Wildman–Crippen LogP) is 0.585. The van der Waals surface area contributed by atoms with Crippen molar-refractivity contribution in [2.24, 2.45) is 0 Å². The van der Waals surface area contributed by atoms with Crippen molar-refractivity contribution >= 4 is 39.6 Å². The highest BCUT2D eigenvalue weighted by Crippen LogP contribution is 2.35. The fraction of sp³-hybridized carbons (Fsp3) is 0.887. The molecule has 0 aromatic carbocycles. The van der Waals surface area contributed by atoms with Crippen molar-refractivity contribution in [2.75, 3.05) is 213 Å². The lowest BCUT2D eigenvalue weighted by Crippen LogP contribution is -2.61. The second kappa shape index (κ2) is 39.9. The molecule has 0 saturated carbocycles. The number of fused-ring (bicyclic) bond motifs is 4. The van der Waals surface area contributed by atoms with Gasteiger partial charge < -0.3 is 59.6 Å². The predicted molar refractivity (Wildman–Crippen MR) is 347 cm³/mol. The van der Waals surface area contributed by atoms with Crippen molar-refractivity contribution in [1.82, 2.24) is 69.3 Å². The molecule has 3 N–H and O–H groups in total. The third-order valence-corrected chi connectivity index (χ3v) is 20.1. The van der Waals surface area contributed by atoms with E-state index < -0.39 is 10.0 Å². The number of ketones is 1. The van der Waals surface area contributed by atoms with Crippen LogP contribution >= 0.6 is 0 Å². The van der Waals surface area contributed by atoms with Crippen molar-refractivity contribution < 1.29 is 46.6 Å². The van der Waals surface area contributed by atoms with E-state index in [1.165, 1.54) is 45.3 Å². The van der Waals surface area contributed by atoms with Gasteiger partial charge in [-0.2, -0.15) is 0 Å². The number of nitrogens with zero attached hydrogens (tertiary/aromatic N) is 11. The summed E-state index contributed by atoms with van der Waals surface area (Å²) in [5.41, 5.74) is 0.0144. The molecule has 10 aliphatic heterocycles. The molecular weight excluding hydrogens is 1130 g/mol. The zero-order valence-electron chi connectivity index (χ0n) is 57.0. The number of likely N-dealkylation sites (N-methyl/N-ethyl adjacent to an activating group) is 8. The van der Waals surface area contributed by atoms with Gasteiger partial charge in [-0.15, -0.1) is 0 Å². The molecule has 10 aliphatic rings. The van der Waals surface area contributed by atoms with Crippen LogP contribution in [0.15, 0.2) is 12.7 Å². The van der Waals surface area contributed by atoms with Gasteiger partial charge in [-0.05, 0) is 109 Å². The Bertz CT molecular complexity index is 2160. The topological polar surface area (TPSA) is 219 Å². The number of carbonyl (C=O) groups is 5. The largest absolute Gasteiger partial charge is 0.465 e. The van der Waals surface area contributed by atoms with Crippen LogP contribution in [-0.2, 0) is 48.2 Å². The van der Waals surface area contributed by atoms with Crippen molar-refractivity contribution in [1.29, 1.82) is 0 Å². The van der Waals surface area contributed by atoms with Gasteiger partial charge in [0.05, 0.1) is 37.7 Å². The summed E-state index contributed by atoms with van der Waals surface area (Å²) in [5.74, 6) is 0.0351. The molecule has 87 heavy (non-hydrogen) atoms. The van der Waals surface area contributed by atoms with Crippen LogP contribution in [0.25, 0.3) is 0 Å². The normalized spacial score (nSPS) is 29.7. The number of carbonyl (C=O) groups excluding carboxylic acids is 5. The molecule has 1 amide bonds. The smallest absolute Gasteiger partial charge is 0.330 e. The zero-order chi connectivity index (χ0) is 65.0. The summed E-state index contributed by atoms with van der Waals surface area (Å²) < 4.78 is 38.9. The molecule has 9 atom stereocenters. The van der Waals surface area contributed by atoms with Gasteiger partial charge in [-0.25, -0.2) is 17.5 Å². The second-order valence-electron chi connectivity index (χ2n) is 24.8. The number of sulfonamides is 1. The number of ether oxygens (including phenoxy) is 3. The van der Waals surface area contributed by atoms with Crippen molar-refractivity contribution in [3.63, 3.8) is 0 Å². The SMILES string of the molecule is C=CC(=O)OCC.CC.CC(=O)N(C)C1(C)CCN2CCN(C)CC21.CCOC(=O)C1CCCCN1.CCOC(=O)C1CN(C)CCN1.CN1CCN2CCC(=O)C2C1.CN1CCN2CCC(N(C)S(C)(=O)=O)C2C1.CNC1CCN2CCN(C)CC12. The highest BCUT2D eigenvalue weighted by molar-refractivity contribution is 7.88. The summed E-state index contributed by atoms with van der Waals surface area (Å²) in [6.45, 7) is 39.3.